The zero-order valence-electron chi connectivity index (χ0n) is 11.3. The molecule has 4 N–H and O–H groups in total. The molecule has 0 aromatic rings. The summed E-state index contributed by atoms with van der Waals surface area (Å²) in [7, 11) is 1.12. The third-order valence-corrected chi connectivity index (χ3v) is 1.49. The van der Waals surface area contributed by atoms with E-state index in [1.54, 1.807) is 20.8 Å². The van der Waals surface area contributed by atoms with Crippen LogP contribution in [0.4, 0.5) is 4.79 Å². The van der Waals surface area contributed by atoms with Gasteiger partial charge in [-0.25, -0.2) is 15.0 Å². The summed E-state index contributed by atoms with van der Waals surface area (Å²) < 4.78 is 9.17. The molecule has 0 heterocycles. The molecule has 0 aliphatic heterocycles. The van der Waals surface area contributed by atoms with Gasteiger partial charge in [-0.05, 0) is 20.8 Å². The van der Waals surface area contributed by atoms with Crippen molar-refractivity contribution in [2.45, 2.75) is 26.4 Å². The van der Waals surface area contributed by atoms with Crippen LogP contribution in [0.1, 0.15) is 20.8 Å². The number of rotatable bonds is 3. The van der Waals surface area contributed by atoms with Crippen molar-refractivity contribution in [3.05, 3.63) is 0 Å². The van der Waals surface area contributed by atoms with Gasteiger partial charge in [0.05, 0.1) is 7.11 Å². The highest BCUT2D eigenvalue weighted by atomic mass is 16.6. The lowest BCUT2D eigenvalue weighted by Crippen LogP contribution is -2.39. The summed E-state index contributed by atoms with van der Waals surface area (Å²) in [5.41, 5.74) is 6.47. The topological polar surface area (TPSA) is 132 Å². The number of nitrogens with two attached hydrogens (primary N) is 1. The van der Waals surface area contributed by atoms with Crippen molar-refractivity contribution in [1.82, 2.24) is 10.7 Å². The molecule has 0 spiro atoms. The minimum absolute atomic E-state index is 0.368. The second kappa shape index (κ2) is 7.19. The van der Waals surface area contributed by atoms with Crippen molar-refractivity contribution in [3.63, 3.8) is 0 Å². The van der Waals surface area contributed by atoms with E-state index in [2.05, 4.69) is 15.2 Å². The monoisotopic (exact) mass is 274 g/mol. The van der Waals surface area contributed by atoms with E-state index in [0.717, 1.165) is 7.11 Å². The average molecular weight is 274 g/mol. The largest absolute Gasteiger partial charge is 0.463 e. The third-order valence-electron chi connectivity index (χ3n) is 1.49. The van der Waals surface area contributed by atoms with Gasteiger partial charge in [0, 0.05) is 0 Å². The molecule has 0 rings (SSSR count). The Kier molecular flexibility index (Phi) is 6.31. The van der Waals surface area contributed by atoms with Crippen molar-refractivity contribution in [2.75, 3.05) is 13.7 Å². The maximum absolute atomic E-state index is 11.2. The van der Waals surface area contributed by atoms with Gasteiger partial charge in [-0.2, -0.15) is 0 Å². The Bertz CT molecular complexity index is 386. The van der Waals surface area contributed by atoms with Crippen molar-refractivity contribution in [1.29, 1.82) is 0 Å². The molecule has 9 nitrogen and oxygen atoms in total. The molecule has 0 aromatic heterocycles. The number of esters is 1. The Morgan fingerprint density at radius 1 is 1.26 bits per heavy atom. The fraction of sp³-hybridized carbons (Fsp3) is 0.600. The summed E-state index contributed by atoms with van der Waals surface area (Å²) >= 11 is 0. The minimum Gasteiger partial charge on any atom is -0.463 e. The molecule has 0 bridgehead atoms. The molecule has 108 valence electrons. The molecule has 0 aromatic carbocycles. The van der Waals surface area contributed by atoms with Crippen molar-refractivity contribution in [2.24, 2.45) is 10.8 Å². The first-order valence-electron chi connectivity index (χ1n) is 5.33. The number of alkyl carbamates (subject to hydrolysis) is 1. The first-order chi connectivity index (χ1) is 8.65. The number of methoxy groups -OCH3 is 1. The summed E-state index contributed by atoms with van der Waals surface area (Å²) in [5.74, 6) is -2.05. The summed E-state index contributed by atoms with van der Waals surface area (Å²) in [6, 6.07) is 0. The predicted octanol–water partition coefficient (Wildman–Crippen LogP) is -0.927. The van der Waals surface area contributed by atoms with E-state index in [-0.39, 0.29) is 6.54 Å². The number of hydrogen-bond acceptors (Lipinski definition) is 6. The van der Waals surface area contributed by atoms with Crippen molar-refractivity contribution < 1.29 is 23.9 Å². The van der Waals surface area contributed by atoms with Crippen LogP contribution >= 0.6 is 0 Å². The fourth-order valence-electron chi connectivity index (χ4n) is 0.779. The molecule has 0 radical (unpaired) electrons. The van der Waals surface area contributed by atoms with Gasteiger partial charge in [-0.1, -0.05) is 0 Å². The Labute approximate surface area is 110 Å². The van der Waals surface area contributed by atoms with E-state index in [0.29, 0.717) is 0 Å². The van der Waals surface area contributed by atoms with Crippen molar-refractivity contribution in [3.8, 4) is 0 Å². The van der Waals surface area contributed by atoms with Gasteiger partial charge in [-0.3, -0.25) is 4.79 Å². The summed E-state index contributed by atoms with van der Waals surface area (Å²) in [5, 5.41) is 5.48. The molecule has 0 aliphatic carbocycles. The third kappa shape index (κ3) is 8.41. The van der Waals surface area contributed by atoms with Gasteiger partial charge in [0.2, 0.25) is 5.84 Å². The van der Waals surface area contributed by atoms with Crippen LogP contribution in [-0.2, 0) is 19.1 Å². The van der Waals surface area contributed by atoms with E-state index >= 15 is 0 Å². The van der Waals surface area contributed by atoms with Gasteiger partial charge in [0.25, 0.3) is 5.91 Å². The number of carbonyl (C=O) groups excluding carboxylic acids is 3. The number of hydrogen-bond donors (Lipinski definition) is 3. The molecule has 0 saturated carbocycles. The summed E-state index contributed by atoms with van der Waals surface area (Å²) in [6.45, 7) is 4.70. The van der Waals surface area contributed by atoms with Gasteiger partial charge in [0.1, 0.15) is 12.1 Å². The van der Waals surface area contributed by atoms with Crippen LogP contribution in [0.2, 0.25) is 0 Å². The molecule has 0 fully saturated rings. The summed E-state index contributed by atoms with van der Waals surface area (Å²) in [4.78, 5) is 33.3. The number of ether oxygens (including phenoxy) is 2. The van der Waals surface area contributed by atoms with Gasteiger partial charge < -0.3 is 20.5 Å². The Hall–Kier alpha value is -2.32. The van der Waals surface area contributed by atoms with Crippen LogP contribution < -0.4 is 16.5 Å². The first-order valence-corrected chi connectivity index (χ1v) is 5.33. The number of hydrazone groups is 1. The molecule has 0 unspecified atom stereocenters. The van der Waals surface area contributed by atoms with E-state index in [4.69, 9.17) is 10.5 Å². The number of carbonyl (C=O) groups is 3. The molecule has 0 saturated heterocycles. The molecular weight excluding hydrogens is 256 g/mol. The minimum atomic E-state index is -0.875. The van der Waals surface area contributed by atoms with Crippen LogP contribution in [0.5, 0.6) is 0 Å². The molecule has 0 aliphatic rings. The van der Waals surface area contributed by atoms with Crippen LogP contribution in [0.3, 0.4) is 0 Å². The highest BCUT2D eigenvalue weighted by molar-refractivity contribution is 6.34. The van der Waals surface area contributed by atoms with Crippen LogP contribution in [-0.4, -0.2) is 43.1 Å². The Balaban J connectivity index is 4.07. The quantitative estimate of drug-likeness (QED) is 0.264. The van der Waals surface area contributed by atoms with Crippen LogP contribution in [0.15, 0.2) is 5.10 Å². The normalized spacial score (nSPS) is 11.5. The molecular formula is C10H18N4O5. The lowest BCUT2D eigenvalue weighted by atomic mass is 10.2. The summed E-state index contributed by atoms with van der Waals surface area (Å²) in [6.07, 6.45) is -0.743. The fourth-order valence-corrected chi connectivity index (χ4v) is 0.779. The highest BCUT2D eigenvalue weighted by Crippen LogP contribution is 2.05. The SMILES string of the molecule is COC(=O)/C(N)=N/NC(=O)CNC(=O)OC(C)(C)C. The molecule has 2 amide bonds. The number of amides is 2. The first kappa shape index (κ1) is 16.7. The number of nitrogens with one attached hydrogen (secondary N) is 2. The number of nitrogens with zero attached hydrogens (tertiary/aromatic N) is 1. The van der Waals surface area contributed by atoms with Crippen LogP contribution in [0, 0.1) is 0 Å². The Morgan fingerprint density at radius 2 is 1.84 bits per heavy atom. The average Bonchev–Trinajstić information content (AvgIpc) is 2.30. The maximum atomic E-state index is 11.2. The Morgan fingerprint density at radius 3 is 2.32 bits per heavy atom. The smallest absolute Gasteiger partial charge is 0.408 e. The lowest BCUT2D eigenvalue weighted by molar-refractivity contribution is -0.132. The van der Waals surface area contributed by atoms with E-state index in [1.807, 2.05) is 5.43 Å². The van der Waals surface area contributed by atoms with E-state index in [9.17, 15) is 14.4 Å². The van der Waals surface area contributed by atoms with Gasteiger partial charge >= 0.3 is 12.1 Å². The predicted molar refractivity (Wildman–Crippen MR) is 66.0 cm³/mol. The van der Waals surface area contributed by atoms with E-state index in [1.165, 1.54) is 0 Å². The van der Waals surface area contributed by atoms with Gasteiger partial charge in [0.15, 0.2) is 0 Å². The standard InChI is InChI=1S/C10H18N4O5/c1-10(2,3)19-9(17)12-5-6(15)13-14-7(11)8(16)18-4/h5H2,1-4H3,(H2,11,14)(H,12,17)(H,13,15). The lowest BCUT2D eigenvalue weighted by Gasteiger charge is -2.19. The molecule has 9 heteroatoms. The number of amidine groups is 1. The zero-order chi connectivity index (χ0) is 15.1. The van der Waals surface area contributed by atoms with E-state index < -0.39 is 29.4 Å². The van der Waals surface area contributed by atoms with Crippen molar-refractivity contribution >= 4 is 23.8 Å². The zero-order valence-corrected chi connectivity index (χ0v) is 11.3. The molecule has 19 heavy (non-hydrogen) atoms. The van der Waals surface area contributed by atoms with Crippen LogP contribution in [0.25, 0.3) is 0 Å². The maximum Gasteiger partial charge on any atom is 0.408 e. The second-order valence-corrected chi connectivity index (χ2v) is 4.38. The molecule has 0 atom stereocenters. The highest BCUT2D eigenvalue weighted by Gasteiger charge is 2.16. The second-order valence-electron chi connectivity index (χ2n) is 4.38. The van der Waals surface area contributed by atoms with Gasteiger partial charge in [-0.15, -0.1) is 5.10 Å².